The lowest BCUT2D eigenvalue weighted by Crippen LogP contribution is -2.16. The Morgan fingerprint density at radius 1 is 1.28 bits per heavy atom. The number of carbonyl (C=O) groups is 2. The Morgan fingerprint density at radius 2 is 2.00 bits per heavy atom. The van der Waals surface area contributed by atoms with Gasteiger partial charge in [-0.2, -0.15) is 0 Å². The Morgan fingerprint density at radius 3 is 2.69 bits per heavy atom. The second-order valence-electron chi connectivity index (χ2n) is 6.84. The number of aryl methyl sites for hydroxylation is 1. The summed E-state index contributed by atoms with van der Waals surface area (Å²) in [5, 5.41) is 0.779. The van der Waals surface area contributed by atoms with Crippen LogP contribution in [0.5, 0.6) is 0 Å². The van der Waals surface area contributed by atoms with Crippen LogP contribution in [0.15, 0.2) is 24.3 Å². The molecule has 1 unspecified atom stereocenters. The fourth-order valence-electron chi connectivity index (χ4n) is 3.50. The van der Waals surface area contributed by atoms with E-state index in [9.17, 15) is 14.0 Å². The first-order chi connectivity index (χ1) is 13.7. The molecule has 0 radical (unpaired) electrons. The van der Waals surface area contributed by atoms with Gasteiger partial charge in [0.2, 0.25) is 5.78 Å². The van der Waals surface area contributed by atoms with Gasteiger partial charge in [-0.1, -0.05) is 11.6 Å². The summed E-state index contributed by atoms with van der Waals surface area (Å²) in [6, 6.07) is 5.96. The molecule has 154 valence electrons. The van der Waals surface area contributed by atoms with Gasteiger partial charge in [-0.3, -0.25) is 4.79 Å². The number of halogens is 2. The number of Topliss-reactive ketones (excluding diaryl/α,β-unsaturated/α-hetero) is 1. The number of aromatic nitrogens is 1. The van der Waals surface area contributed by atoms with E-state index in [1.807, 2.05) is 25.3 Å². The van der Waals surface area contributed by atoms with Gasteiger partial charge in [-0.15, -0.1) is 11.3 Å². The number of ether oxygens (including phenoxy) is 2. The Labute approximate surface area is 177 Å². The Balaban J connectivity index is 1.75. The third-order valence-electron chi connectivity index (χ3n) is 4.74. The molecule has 3 aromatic rings. The molecule has 0 fully saturated rings. The first-order valence-electron chi connectivity index (χ1n) is 8.99. The van der Waals surface area contributed by atoms with Crippen LogP contribution in [0.4, 0.5) is 4.39 Å². The highest BCUT2D eigenvalue weighted by Gasteiger charge is 2.22. The van der Waals surface area contributed by atoms with E-state index < -0.39 is 18.4 Å². The average Bonchev–Trinajstić information content (AvgIpc) is 3.15. The minimum absolute atomic E-state index is 0.0712. The SMILES string of the molecule is COCC(C)n1c(C)cc(C(=O)COC(=O)c2sc3cc(F)ccc3c2Cl)c1C. The van der Waals surface area contributed by atoms with Gasteiger partial charge in [0.15, 0.2) is 6.61 Å². The molecule has 1 atom stereocenters. The normalized spacial score (nSPS) is 12.3. The van der Waals surface area contributed by atoms with Crippen molar-refractivity contribution in [3.63, 3.8) is 0 Å². The summed E-state index contributed by atoms with van der Waals surface area (Å²) in [4.78, 5) is 25.2. The Hall–Kier alpha value is -2.22. The number of nitrogens with zero attached hydrogens (tertiary/aromatic N) is 1. The maximum atomic E-state index is 13.4. The largest absolute Gasteiger partial charge is 0.453 e. The van der Waals surface area contributed by atoms with Crippen molar-refractivity contribution >= 4 is 44.8 Å². The highest BCUT2D eigenvalue weighted by Crippen LogP contribution is 2.36. The molecule has 0 amide bonds. The van der Waals surface area contributed by atoms with Crippen molar-refractivity contribution in [3.05, 3.63) is 56.9 Å². The van der Waals surface area contributed by atoms with Crippen LogP contribution in [0.3, 0.4) is 0 Å². The number of hydrogen-bond acceptors (Lipinski definition) is 5. The van der Waals surface area contributed by atoms with E-state index in [-0.39, 0.29) is 21.7 Å². The van der Waals surface area contributed by atoms with Crippen molar-refractivity contribution in [1.29, 1.82) is 0 Å². The van der Waals surface area contributed by atoms with Crippen LogP contribution in [0, 0.1) is 19.7 Å². The fraction of sp³-hybridized carbons (Fsp3) is 0.333. The number of esters is 1. The van der Waals surface area contributed by atoms with Crippen LogP contribution in [0.2, 0.25) is 5.02 Å². The average molecular weight is 438 g/mol. The lowest BCUT2D eigenvalue weighted by atomic mass is 10.1. The first kappa shape index (κ1) is 21.5. The minimum atomic E-state index is -0.702. The Bertz CT molecular complexity index is 1090. The van der Waals surface area contributed by atoms with E-state index in [1.165, 1.54) is 18.2 Å². The highest BCUT2D eigenvalue weighted by molar-refractivity contribution is 7.21. The molecule has 3 rings (SSSR count). The van der Waals surface area contributed by atoms with Crippen LogP contribution in [-0.2, 0) is 9.47 Å². The standard InChI is InChI=1S/C21H21ClFNO4S/c1-11-7-16(13(3)24(11)12(2)9-27-4)17(25)10-28-21(26)20-19(22)15-6-5-14(23)8-18(15)29-20/h5-8,12H,9-10H2,1-4H3. The molecule has 5 nitrogen and oxygen atoms in total. The van der Waals surface area contributed by atoms with Gasteiger partial charge in [0.05, 0.1) is 17.7 Å². The molecule has 0 bridgehead atoms. The van der Waals surface area contributed by atoms with Crippen LogP contribution in [0.1, 0.15) is 44.4 Å². The maximum Gasteiger partial charge on any atom is 0.350 e. The van der Waals surface area contributed by atoms with Crippen LogP contribution in [-0.4, -0.2) is 36.6 Å². The van der Waals surface area contributed by atoms with Gasteiger partial charge in [0.25, 0.3) is 0 Å². The van der Waals surface area contributed by atoms with Gasteiger partial charge < -0.3 is 14.0 Å². The molecule has 2 aromatic heterocycles. The fourth-order valence-corrected chi connectivity index (χ4v) is 4.93. The monoisotopic (exact) mass is 437 g/mol. The number of thiophene rings is 1. The molecular formula is C21H21ClFNO4S. The summed E-state index contributed by atoms with van der Waals surface area (Å²) >= 11 is 7.27. The molecule has 29 heavy (non-hydrogen) atoms. The van der Waals surface area contributed by atoms with E-state index in [1.54, 1.807) is 13.2 Å². The number of rotatable bonds is 7. The third kappa shape index (κ3) is 4.22. The molecule has 0 saturated carbocycles. The van der Waals surface area contributed by atoms with Gasteiger partial charge in [0, 0.05) is 34.1 Å². The second kappa shape index (κ2) is 8.65. The molecule has 0 N–H and O–H groups in total. The predicted molar refractivity (Wildman–Crippen MR) is 112 cm³/mol. The van der Waals surface area contributed by atoms with Gasteiger partial charge in [-0.25, -0.2) is 9.18 Å². The molecule has 0 aliphatic carbocycles. The summed E-state index contributed by atoms with van der Waals surface area (Å²) < 4.78 is 26.4. The zero-order valence-electron chi connectivity index (χ0n) is 16.5. The van der Waals surface area contributed by atoms with E-state index in [0.717, 1.165) is 22.7 Å². The first-order valence-corrected chi connectivity index (χ1v) is 10.2. The second-order valence-corrected chi connectivity index (χ2v) is 8.27. The number of carbonyl (C=O) groups excluding carboxylic acids is 2. The molecule has 0 aliphatic rings. The van der Waals surface area contributed by atoms with Crippen molar-refractivity contribution in [3.8, 4) is 0 Å². The molecular weight excluding hydrogens is 417 g/mol. The van der Waals surface area contributed by atoms with Crippen LogP contribution >= 0.6 is 22.9 Å². The zero-order valence-corrected chi connectivity index (χ0v) is 18.1. The maximum absolute atomic E-state index is 13.4. The molecule has 1 aromatic carbocycles. The molecule has 2 heterocycles. The number of benzene rings is 1. The van der Waals surface area contributed by atoms with E-state index in [4.69, 9.17) is 21.1 Å². The van der Waals surface area contributed by atoms with Crippen molar-refractivity contribution in [1.82, 2.24) is 4.57 Å². The molecule has 0 spiro atoms. The number of ketones is 1. The van der Waals surface area contributed by atoms with E-state index in [0.29, 0.717) is 22.3 Å². The van der Waals surface area contributed by atoms with Crippen molar-refractivity contribution in [2.45, 2.75) is 26.8 Å². The number of fused-ring (bicyclic) bond motifs is 1. The van der Waals surface area contributed by atoms with E-state index >= 15 is 0 Å². The molecule has 0 aliphatic heterocycles. The zero-order chi connectivity index (χ0) is 21.3. The highest BCUT2D eigenvalue weighted by atomic mass is 35.5. The lowest BCUT2D eigenvalue weighted by Gasteiger charge is -2.17. The summed E-state index contributed by atoms with van der Waals surface area (Å²) in [6.07, 6.45) is 0. The topological polar surface area (TPSA) is 57.5 Å². The van der Waals surface area contributed by atoms with Gasteiger partial charge >= 0.3 is 5.97 Å². The summed E-state index contributed by atoms with van der Waals surface area (Å²) in [5.41, 5.74) is 2.22. The quantitative estimate of drug-likeness (QED) is 0.369. The summed E-state index contributed by atoms with van der Waals surface area (Å²) in [5.74, 6) is -1.42. The smallest absolute Gasteiger partial charge is 0.350 e. The summed E-state index contributed by atoms with van der Waals surface area (Å²) in [6.45, 7) is 5.89. The van der Waals surface area contributed by atoms with E-state index in [2.05, 4.69) is 0 Å². The van der Waals surface area contributed by atoms with Crippen LogP contribution in [0.25, 0.3) is 10.1 Å². The van der Waals surface area contributed by atoms with Crippen molar-refractivity contribution < 1.29 is 23.5 Å². The number of hydrogen-bond donors (Lipinski definition) is 0. The summed E-state index contributed by atoms with van der Waals surface area (Å²) in [7, 11) is 1.63. The van der Waals surface area contributed by atoms with Crippen LogP contribution < -0.4 is 0 Å². The predicted octanol–water partition coefficient (Wildman–Crippen LogP) is 5.36. The van der Waals surface area contributed by atoms with Gasteiger partial charge in [-0.05, 0) is 45.0 Å². The van der Waals surface area contributed by atoms with Crippen molar-refractivity contribution in [2.24, 2.45) is 0 Å². The molecule has 8 heteroatoms. The Kier molecular flexibility index (Phi) is 6.41. The number of methoxy groups -OCH3 is 1. The third-order valence-corrected chi connectivity index (χ3v) is 6.38. The lowest BCUT2D eigenvalue weighted by molar-refractivity contribution is 0.0479. The minimum Gasteiger partial charge on any atom is -0.453 e. The molecule has 0 saturated heterocycles. The van der Waals surface area contributed by atoms with Gasteiger partial charge in [0.1, 0.15) is 10.7 Å². The van der Waals surface area contributed by atoms with Crippen molar-refractivity contribution in [2.75, 3.05) is 20.3 Å².